The van der Waals surface area contributed by atoms with Gasteiger partial charge in [-0.15, -0.1) is 0 Å². The van der Waals surface area contributed by atoms with Crippen molar-refractivity contribution in [3.05, 3.63) is 60.8 Å². The number of allylic oxidation sites excluding steroid dienone is 9. The van der Waals surface area contributed by atoms with Crippen LogP contribution in [-0.4, -0.2) is 140 Å². The van der Waals surface area contributed by atoms with Gasteiger partial charge in [-0.2, -0.15) is 0 Å². The predicted octanol–water partition coefficient (Wildman–Crippen LogP) is 2.76. The van der Waals surface area contributed by atoms with Crippen LogP contribution in [0.15, 0.2) is 60.8 Å². The number of nitrogens with one attached hydrogen (secondary N) is 1. The van der Waals surface area contributed by atoms with E-state index in [2.05, 4.69) is 60.8 Å². The van der Waals surface area contributed by atoms with Gasteiger partial charge in [0.25, 0.3) is 0 Å². The molecule has 14 nitrogen and oxygen atoms in total. The second-order valence-corrected chi connectivity index (χ2v) is 14.4. The second kappa shape index (κ2) is 29.8. The topological polar surface area (TPSA) is 228 Å². The molecule has 2 fully saturated rings. The highest BCUT2D eigenvalue weighted by Crippen LogP contribution is 2.29. The van der Waals surface area contributed by atoms with Gasteiger partial charge in [-0.3, -0.25) is 4.79 Å². The fourth-order valence-corrected chi connectivity index (χ4v) is 6.29. The number of aliphatic hydroxyl groups is 8. The van der Waals surface area contributed by atoms with Crippen LogP contribution in [0.4, 0.5) is 0 Å². The quantitative estimate of drug-likeness (QED) is 0.0411. The molecule has 14 heteroatoms. The summed E-state index contributed by atoms with van der Waals surface area (Å²) in [6, 6.07) is -0.919. The highest BCUT2D eigenvalue weighted by atomic mass is 16.7. The van der Waals surface area contributed by atoms with Crippen molar-refractivity contribution in [3.8, 4) is 0 Å². The molecule has 12 atom stereocenters. The van der Waals surface area contributed by atoms with E-state index in [-0.39, 0.29) is 18.9 Å². The molecule has 2 aliphatic rings. The van der Waals surface area contributed by atoms with Gasteiger partial charge in [-0.1, -0.05) is 107 Å². The lowest BCUT2D eigenvalue weighted by atomic mass is 9.97. The Labute approximate surface area is 333 Å². The first-order valence-electron chi connectivity index (χ1n) is 20.5. The van der Waals surface area contributed by atoms with Crippen molar-refractivity contribution in [2.75, 3.05) is 19.8 Å². The van der Waals surface area contributed by atoms with Crippen LogP contribution in [0.25, 0.3) is 0 Å². The molecule has 322 valence electrons. The van der Waals surface area contributed by atoms with Gasteiger partial charge in [0.2, 0.25) is 5.91 Å². The van der Waals surface area contributed by atoms with Crippen LogP contribution in [0.5, 0.6) is 0 Å². The number of carbonyl (C=O) groups is 1. The van der Waals surface area contributed by atoms with Crippen LogP contribution >= 0.6 is 0 Å². The molecule has 12 unspecified atom stereocenters. The van der Waals surface area contributed by atoms with Gasteiger partial charge in [-0.05, 0) is 51.4 Å². The monoisotopic (exact) mass is 797 g/mol. The Morgan fingerprint density at radius 3 is 1.86 bits per heavy atom. The summed E-state index contributed by atoms with van der Waals surface area (Å²) >= 11 is 0. The fourth-order valence-electron chi connectivity index (χ4n) is 6.29. The number of carbonyl (C=O) groups excluding carboxylic acids is 1. The van der Waals surface area contributed by atoms with Gasteiger partial charge in [-0.25, -0.2) is 0 Å². The largest absolute Gasteiger partial charge is 0.394 e. The fraction of sp³-hybridized carbons (Fsp3) is 0.738. The Bertz CT molecular complexity index is 1180. The summed E-state index contributed by atoms with van der Waals surface area (Å²) < 4.78 is 22.4. The third-order valence-corrected chi connectivity index (χ3v) is 9.69. The number of hydrogen-bond donors (Lipinski definition) is 9. The van der Waals surface area contributed by atoms with Crippen LogP contribution in [0, 0.1) is 0 Å². The second-order valence-electron chi connectivity index (χ2n) is 14.4. The maximum atomic E-state index is 12.9. The van der Waals surface area contributed by atoms with Crippen LogP contribution in [0.2, 0.25) is 0 Å². The smallest absolute Gasteiger partial charge is 0.220 e. The van der Waals surface area contributed by atoms with Crippen LogP contribution in [0.3, 0.4) is 0 Å². The number of ether oxygens (including phenoxy) is 4. The Morgan fingerprint density at radius 2 is 1.23 bits per heavy atom. The van der Waals surface area contributed by atoms with Crippen molar-refractivity contribution < 1.29 is 64.6 Å². The molecule has 0 aromatic carbocycles. The van der Waals surface area contributed by atoms with Crippen LogP contribution in [0.1, 0.15) is 104 Å². The van der Waals surface area contributed by atoms with Crippen molar-refractivity contribution in [1.82, 2.24) is 5.32 Å². The third kappa shape index (κ3) is 18.5. The van der Waals surface area contributed by atoms with Crippen molar-refractivity contribution in [1.29, 1.82) is 0 Å². The highest BCUT2D eigenvalue weighted by molar-refractivity contribution is 5.76. The van der Waals surface area contributed by atoms with Crippen LogP contribution < -0.4 is 5.32 Å². The van der Waals surface area contributed by atoms with Gasteiger partial charge < -0.3 is 65.1 Å². The summed E-state index contributed by atoms with van der Waals surface area (Å²) in [6.07, 6.45) is 16.7. The third-order valence-electron chi connectivity index (χ3n) is 9.69. The summed E-state index contributed by atoms with van der Waals surface area (Å²) in [5, 5.41) is 85.5. The number of hydrogen-bond acceptors (Lipinski definition) is 13. The average Bonchev–Trinajstić information content (AvgIpc) is 3.19. The van der Waals surface area contributed by atoms with Gasteiger partial charge >= 0.3 is 0 Å². The minimum atomic E-state index is -1.79. The molecular formula is C42H71NO13. The molecule has 2 heterocycles. The number of aliphatic hydroxyl groups excluding tert-OH is 8. The Morgan fingerprint density at radius 1 is 0.661 bits per heavy atom. The lowest BCUT2D eigenvalue weighted by Gasteiger charge is -2.46. The van der Waals surface area contributed by atoms with Gasteiger partial charge in [0.05, 0.1) is 32.0 Å². The molecule has 2 aliphatic heterocycles. The molecule has 56 heavy (non-hydrogen) atoms. The van der Waals surface area contributed by atoms with Gasteiger partial charge in [0, 0.05) is 6.42 Å². The molecule has 0 aromatic rings. The predicted molar refractivity (Wildman–Crippen MR) is 212 cm³/mol. The lowest BCUT2D eigenvalue weighted by molar-refractivity contribution is -0.359. The van der Waals surface area contributed by atoms with Crippen molar-refractivity contribution in [3.63, 3.8) is 0 Å². The molecule has 0 bridgehead atoms. The molecular weight excluding hydrogens is 726 g/mol. The molecule has 0 aromatic heterocycles. The van der Waals surface area contributed by atoms with E-state index in [1.165, 1.54) is 0 Å². The average molecular weight is 798 g/mol. The first kappa shape index (κ1) is 49.8. The normalized spacial score (nSPS) is 30.0. The summed E-state index contributed by atoms with van der Waals surface area (Å²) in [7, 11) is 0. The van der Waals surface area contributed by atoms with E-state index >= 15 is 0 Å². The molecule has 0 saturated carbocycles. The molecule has 0 spiro atoms. The number of amides is 1. The van der Waals surface area contributed by atoms with E-state index in [9.17, 15) is 45.6 Å². The summed E-state index contributed by atoms with van der Waals surface area (Å²) in [5.41, 5.74) is 0. The molecule has 2 saturated heterocycles. The standard InChI is InChI=1S/C42H71NO13/c1-3-5-7-8-9-10-11-12-13-14-15-16-17-18-19-20-21-22-24-26-34(47)43-30(31(46)25-23-6-4-2)29-53-41-39(52)37(50)40(33(28-45)55-41)56-42-38(51)36(49)35(48)32(27-44)54-42/h5,7,9-10,12-13,15-16,23,25,30-33,35-42,44-46,48-52H,3-4,6,8,11,14,17-22,24,26-29H2,1-2H3,(H,43,47)/b7-5-,10-9-,13-12-,16-15-,25-23+. The lowest BCUT2D eigenvalue weighted by Crippen LogP contribution is -2.65. The van der Waals surface area contributed by atoms with Crippen molar-refractivity contribution in [2.45, 2.75) is 177 Å². The number of rotatable bonds is 28. The van der Waals surface area contributed by atoms with Crippen molar-refractivity contribution in [2.24, 2.45) is 0 Å². The van der Waals surface area contributed by atoms with E-state index in [1.807, 2.05) is 6.92 Å². The van der Waals surface area contributed by atoms with E-state index in [1.54, 1.807) is 12.2 Å². The SMILES string of the molecule is CC/C=C\C/C=C\C/C=C\C/C=C\CCCCCCCCC(=O)NC(COC1OC(CO)C(OC2OC(CO)C(O)C(O)C2O)C(O)C1O)C(O)/C=C/CCC. The zero-order valence-corrected chi connectivity index (χ0v) is 33.3. The molecule has 2 rings (SSSR count). The minimum absolute atomic E-state index is 0.259. The first-order chi connectivity index (χ1) is 27.1. The zero-order valence-electron chi connectivity index (χ0n) is 33.3. The number of unbranched alkanes of at least 4 members (excludes halogenated alkanes) is 7. The van der Waals surface area contributed by atoms with Gasteiger partial charge in [0.1, 0.15) is 48.8 Å². The maximum Gasteiger partial charge on any atom is 0.220 e. The summed E-state index contributed by atoms with van der Waals surface area (Å²) in [6.45, 7) is 2.38. The molecule has 0 radical (unpaired) electrons. The Kier molecular flexibility index (Phi) is 26.6. The first-order valence-corrected chi connectivity index (χ1v) is 20.5. The van der Waals surface area contributed by atoms with E-state index < -0.39 is 86.8 Å². The highest BCUT2D eigenvalue weighted by Gasteiger charge is 2.50. The Balaban J connectivity index is 1.77. The van der Waals surface area contributed by atoms with E-state index in [4.69, 9.17) is 18.9 Å². The summed E-state index contributed by atoms with van der Waals surface area (Å²) in [5.74, 6) is -0.271. The van der Waals surface area contributed by atoms with E-state index in [0.717, 1.165) is 70.6 Å². The van der Waals surface area contributed by atoms with Crippen molar-refractivity contribution >= 4 is 5.91 Å². The zero-order chi connectivity index (χ0) is 41.1. The van der Waals surface area contributed by atoms with E-state index in [0.29, 0.717) is 12.8 Å². The molecule has 1 amide bonds. The maximum absolute atomic E-state index is 12.9. The molecule has 0 aliphatic carbocycles. The van der Waals surface area contributed by atoms with Gasteiger partial charge in [0.15, 0.2) is 12.6 Å². The molecule has 9 N–H and O–H groups in total. The minimum Gasteiger partial charge on any atom is -0.394 e. The van der Waals surface area contributed by atoms with Crippen LogP contribution in [-0.2, 0) is 23.7 Å². The summed E-state index contributed by atoms with van der Waals surface area (Å²) in [4.78, 5) is 12.9. The Hall–Kier alpha value is -2.31.